The Kier molecular flexibility index (Phi) is 2.86. The van der Waals surface area contributed by atoms with Gasteiger partial charge in [0.2, 0.25) is 0 Å². The molecule has 0 radical (unpaired) electrons. The first-order valence-electron chi connectivity index (χ1n) is 4.05. The van der Waals surface area contributed by atoms with Crippen molar-refractivity contribution in [1.29, 1.82) is 5.26 Å². The Balaban J connectivity index is 2.41. The van der Waals surface area contributed by atoms with E-state index >= 15 is 0 Å². The molecule has 5 nitrogen and oxygen atoms in total. The topological polar surface area (TPSA) is 75.2 Å². The normalized spacial score (nSPS) is 18.0. The Morgan fingerprint density at radius 1 is 1.62 bits per heavy atom. The van der Waals surface area contributed by atoms with E-state index in [1.165, 1.54) is 0 Å². The second kappa shape index (κ2) is 3.73. The molecule has 1 fully saturated rings. The monoisotopic (exact) mass is 185 g/mol. The molecule has 0 atom stereocenters. The van der Waals surface area contributed by atoms with Crippen LogP contribution in [0.15, 0.2) is 0 Å². The summed E-state index contributed by atoms with van der Waals surface area (Å²) in [6.07, 6.45) is 0.210. The summed E-state index contributed by atoms with van der Waals surface area (Å²) in [7, 11) is 0. The van der Waals surface area contributed by atoms with Gasteiger partial charge < -0.3 is 4.74 Å². The highest BCUT2D eigenvalue weighted by atomic mass is 17.4. The van der Waals surface area contributed by atoms with Crippen molar-refractivity contribution >= 4 is 5.97 Å². The summed E-state index contributed by atoms with van der Waals surface area (Å²) in [6.45, 7) is 3.47. The summed E-state index contributed by atoms with van der Waals surface area (Å²) in [5, 5.41) is 8.31. The third kappa shape index (κ3) is 2.41. The van der Waals surface area contributed by atoms with Crippen LogP contribution < -0.4 is 0 Å². The number of ether oxygens (including phenoxy) is 1. The first-order valence-corrected chi connectivity index (χ1v) is 4.05. The van der Waals surface area contributed by atoms with E-state index < -0.39 is 11.8 Å². The number of nitrogens with zero attached hydrogens (tertiary/aromatic N) is 1. The molecule has 1 saturated heterocycles. The van der Waals surface area contributed by atoms with Crippen molar-refractivity contribution in [3.63, 3.8) is 0 Å². The lowest BCUT2D eigenvalue weighted by Crippen LogP contribution is -2.28. The molecule has 1 aliphatic heterocycles. The van der Waals surface area contributed by atoms with Crippen LogP contribution in [0.25, 0.3) is 0 Å². The van der Waals surface area contributed by atoms with Crippen molar-refractivity contribution < 1.29 is 19.3 Å². The van der Waals surface area contributed by atoms with E-state index in [-0.39, 0.29) is 18.9 Å². The zero-order valence-electron chi connectivity index (χ0n) is 7.57. The maximum absolute atomic E-state index is 11.3. The molecular weight excluding hydrogens is 174 g/mol. The Labute approximate surface area is 76.1 Å². The average molecular weight is 185 g/mol. The number of nitriles is 1. The molecule has 0 aromatic carbocycles. The lowest BCUT2D eigenvalue weighted by molar-refractivity contribution is -0.155. The van der Waals surface area contributed by atoms with Gasteiger partial charge in [-0.1, -0.05) is 0 Å². The molecule has 0 saturated carbocycles. The number of carbonyl (C=O) groups excluding carboxylic acids is 1. The van der Waals surface area contributed by atoms with Gasteiger partial charge >= 0.3 is 11.8 Å². The summed E-state index contributed by atoms with van der Waals surface area (Å²) >= 11 is 0. The number of esters is 1. The molecule has 0 aromatic rings. The molecule has 5 heteroatoms. The third-order valence-corrected chi connectivity index (χ3v) is 1.50. The molecule has 1 heterocycles. The van der Waals surface area contributed by atoms with E-state index in [1.54, 1.807) is 13.8 Å². The second-order valence-corrected chi connectivity index (χ2v) is 3.03. The van der Waals surface area contributed by atoms with Gasteiger partial charge in [0.1, 0.15) is 0 Å². The first kappa shape index (κ1) is 9.96. The first-order chi connectivity index (χ1) is 6.10. The van der Waals surface area contributed by atoms with Crippen LogP contribution in [0.5, 0.6) is 0 Å². The van der Waals surface area contributed by atoms with Gasteiger partial charge in [0.15, 0.2) is 0 Å². The van der Waals surface area contributed by atoms with Crippen molar-refractivity contribution in [2.45, 2.75) is 38.6 Å². The largest absolute Gasteiger partial charge is 0.459 e. The van der Waals surface area contributed by atoms with Gasteiger partial charge in [-0.2, -0.15) is 15.0 Å². The summed E-state index contributed by atoms with van der Waals surface area (Å²) in [5.41, 5.74) is 0. The molecule has 0 aromatic heterocycles. The number of carbonyl (C=O) groups is 1. The molecule has 0 spiro atoms. The average Bonchev–Trinajstić information content (AvgIpc) is 2.80. The van der Waals surface area contributed by atoms with Gasteiger partial charge in [-0.15, -0.1) is 0 Å². The van der Waals surface area contributed by atoms with E-state index in [2.05, 4.69) is 9.78 Å². The SMILES string of the molecule is CC(C)OC(=O)C1(CCC#N)OO1. The molecular formula is C8H11NO4. The van der Waals surface area contributed by atoms with Gasteiger partial charge in [-0.05, 0) is 13.8 Å². The molecule has 1 aliphatic rings. The van der Waals surface area contributed by atoms with Crippen LogP contribution in [0, 0.1) is 11.3 Å². The Morgan fingerprint density at radius 3 is 2.62 bits per heavy atom. The van der Waals surface area contributed by atoms with Gasteiger partial charge in [0, 0.05) is 12.8 Å². The maximum Gasteiger partial charge on any atom is 0.372 e. The van der Waals surface area contributed by atoms with Crippen molar-refractivity contribution in [1.82, 2.24) is 0 Å². The van der Waals surface area contributed by atoms with Crippen LogP contribution in [0.1, 0.15) is 26.7 Å². The zero-order valence-corrected chi connectivity index (χ0v) is 7.57. The van der Waals surface area contributed by atoms with Crippen LogP contribution in [-0.4, -0.2) is 17.9 Å². The number of rotatable bonds is 4. The maximum atomic E-state index is 11.3. The van der Waals surface area contributed by atoms with E-state index in [0.717, 1.165) is 0 Å². The van der Waals surface area contributed by atoms with E-state index in [1.807, 2.05) is 6.07 Å². The lowest BCUT2D eigenvalue weighted by Gasteiger charge is -2.09. The highest BCUT2D eigenvalue weighted by Gasteiger charge is 2.58. The molecule has 0 bridgehead atoms. The van der Waals surface area contributed by atoms with E-state index in [4.69, 9.17) is 10.00 Å². The van der Waals surface area contributed by atoms with Crippen LogP contribution in [0.2, 0.25) is 0 Å². The van der Waals surface area contributed by atoms with Crippen LogP contribution >= 0.6 is 0 Å². The van der Waals surface area contributed by atoms with Gasteiger partial charge in [-0.25, -0.2) is 4.79 Å². The molecule has 0 amide bonds. The summed E-state index contributed by atoms with van der Waals surface area (Å²) < 4.78 is 4.88. The minimum atomic E-state index is -1.29. The highest BCUT2D eigenvalue weighted by molar-refractivity contribution is 5.79. The van der Waals surface area contributed by atoms with Crippen LogP contribution in [0.3, 0.4) is 0 Å². The van der Waals surface area contributed by atoms with Crippen LogP contribution in [-0.2, 0) is 19.3 Å². The highest BCUT2D eigenvalue weighted by Crippen LogP contribution is 2.35. The van der Waals surface area contributed by atoms with E-state index in [0.29, 0.717) is 0 Å². The molecule has 1 rings (SSSR count). The molecule has 0 aliphatic carbocycles. The summed E-state index contributed by atoms with van der Waals surface area (Å²) in [6, 6.07) is 1.90. The van der Waals surface area contributed by atoms with Gasteiger partial charge in [0.05, 0.1) is 12.2 Å². The molecule has 72 valence electrons. The van der Waals surface area contributed by atoms with Crippen molar-refractivity contribution in [3.8, 4) is 6.07 Å². The minimum absolute atomic E-state index is 0.202. The van der Waals surface area contributed by atoms with Gasteiger partial charge in [0.25, 0.3) is 0 Å². The van der Waals surface area contributed by atoms with Gasteiger partial charge in [-0.3, -0.25) is 0 Å². The molecule has 13 heavy (non-hydrogen) atoms. The number of hydrogen-bond donors (Lipinski definition) is 0. The molecule has 0 unspecified atom stereocenters. The summed E-state index contributed by atoms with van der Waals surface area (Å²) in [4.78, 5) is 20.3. The fourth-order valence-electron chi connectivity index (χ4n) is 0.828. The quantitative estimate of drug-likeness (QED) is 0.369. The van der Waals surface area contributed by atoms with E-state index in [9.17, 15) is 4.79 Å². The standard InChI is InChI=1S/C8H11NO4/c1-6(2)11-7(10)8(12-13-8)4-3-5-9/h6H,3-4H2,1-2H3. The smallest absolute Gasteiger partial charge is 0.372 e. The summed E-state index contributed by atoms with van der Waals surface area (Å²) in [5.74, 6) is -1.85. The Hall–Kier alpha value is -1.12. The van der Waals surface area contributed by atoms with Crippen molar-refractivity contribution in [3.05, 3.63) is 0 Å². The third-order valence-electron chi connectivity index (χ3n) is 1.50. The van der Waals surface area contributed by atoms with Crippen molar-refractivity contribution in [2.24, 2.45) is 0 Å². The van der Waals surface area contributed by atoms with Crippen LogP contribution in [0.4, 0.5) is 0 Å². The second-order valence-electron chi connectivity index (χ2n) is 3.03. The fraction of sp³-hybridized carbons (Fsp3) is 0.750. The predicted molar refractivity (Wildman–Crippen MR) is 41.0 cm³/mol. The molecule has 0 N–H and O–H groups in total. The van der Waals surface area contributed by atoms with Crippen molar-refractivity contribution in [2.75, 3.05) is 0 Å². The lowest BCUT2D eigenvalue weighted by atomic mass is 10.2. The Bertz CT molecular complexity index is 239. The predicted octanol–water partition coefficient (Wildman–Crippen LogP) is 0.900. The Morgan fingerprint density at radius 2 is 2.23 bits per heavy atom. The minimum Gasteiger partial charge on any atom is -0.459 e. The fourth-order valence-corrected chi connectivity index (χ4v) is 0.828. The zero-order chi connectivity index (χ0) is 9.90. The number of hydrogen-bond acceptors (Lipinski definition) is 5.